The van der Waals surface area contributed by atoms with Crippen molar-refractivity contribution in [3.8, 4) is 0 Å². The van der Waals surface area contributed by atoms with Gasteiger partial charge in [-0.05, 0) is 24.9 Å². The summed E-state index contributed by atoms with van der Waals surface area (Å²) in [6.45, 7) is 8.49. The van der Waals surface area contributed by atoms with Crippen molar-refractivity contribution in [3.05, 3.63) is 35.9 Å². The second kappa shape index (κ2) is 11.8. The lowest BCUT2D eigenvalue weighted by Crippen LogP contribution is -2.33. The van der Waals surface area contributed by atoms with Crippen molar-refractivity contribution in [3.63, 3.8) is 0 Å². The first-order valence-corrected chi connectivity index (χ1v) is 8.73. The minimum Gasteiger partial charge on any atom is -0.376 e. The number of nitrogens with one attached hydrogen (secondary N) is 1. The molecule has 120 valence electrons. The minimum absolute atomic E-state index is 0.263. The molecule has 2 heteroatoms. The second-order valence-electron chi connectivity index (χ2n) is 5.68. The molecule has 0 bridgehead atoms. The monoisotopic (exact) mass is 291 g/mol. The number of hydrogen-bond donors (Lipinski definition) is 1. The van der Waals surface area contributed by atoms with Crippen LogP contribution in [0.3, 0.4) is 0 Å². The highest BCUT2D eigenvalue weighted by Crippen LogP contribution is 2.22. The summed E-state index contributed by atoms with van der Waals surface area (Å²) in [5.41, 5.74) is 1.33. The van der Waals surface area contributed by atoms with Gasteiger partial charge in [0.2, 0.25) is 0 Å². The van der Waals surface area contributed by atoms with Crippen molar-refractivity contribution >= 4 is 0 Å². The van der Waals surface area contributed by atoms with Gasteiger partial charge in [0.25, 0.3) is 0 Å². The second-order valence-corrected chi connectivity index (χ2v) is 5.68. The van der Waals surface area contributed by atoms with E-state index in [1.54, 1.807) is 0 Å². The van der Waals surface area contributed by atoms with Gasteiger partial charge >= 0.3 is 0 Å². The van der Waals surface area contributed by atoms with E-state index in [9.17, 15) is 0 Å². The molecule has 0 fully saturated rings. The molecule has 2 nitrogen and oxygen atoms in total. The SMILES string of the molecule is CCCCCCCOC(CC)C(NCC)c1ccccc1. The smallest absolute Gasteiger partial charge is 0.0767 e. The molecule has 2 atom stereocenters. The fourth-order valence-electron chi connectivity index (χ4n) is 2.73. The fraction of sp³-hybridized carbons (Fsp3) is 0.684. The zero-order valence-corrected chi connectivity index (χ0v) is 14.1. The van der Waals surface area contributed by atoms with Crippen molar-refractivity contribution in [1.82, 2.24) is 5.32 Å². The highest BCUT2D eigenvalue weighted by molar-refractivity contribution is 5.20. The summed E-state index contributed by atoms with van der Waals surface area (Å²) in [6, 6.07) is 11.0. The molecule has 0 aromatic heterocycles. The number of hydrogen-bond acceptors (Lipinski definition) is 2. The normalized spacial score (nSPS) is 14.0. The average molecular weight is 291 g/mol. The van der Waals surface area contributed by atoms with E-state index in [0.717, 1.165) is 19.6 Å². The molecule has 1 rings (SSSR count). The fourth-order valence-corrected chi connectivity index (χ4v) is 2.73. The predicted molar refractivity (Wildman–Crippen MR) is 91.6 cm³/mol. The maximum Gasteiger partial charge on any atom is 0.0767 e. The molecule has 0 aliphatic heterocycles. The quantitative estimate of drug-likeness (QED) is 0.541. The van der Waals surface area contributed by atoms with E-state index >= 15 is 0 Å². The first-order chi connectivity index (χ1) is 10.3. The van der Waals surface area contributed by atoms with Gasteiger partial charge in [-0.1, -0.05) is 76.8 Å². The van der Waals surface area contributed by atoms with Crippen LogP contribution in [0.25, 0.3) is 0 Å². The molecule has 0 heterocycles. The van der Waals surface area contributed by atoms with Gasteiger partial charge in [-0.2, -0.15) is 0 Å². The van der Waals surface area contributed by atoms with Crippen molar-refractivity contribution in [1.29, 1.82) is 0 Å². The Labute approximate surface area is 131 Å². The Morgan fingerprint density at radius 1 is 0.952 bits per heavy atom. The third-order valence-corrected chi connectivity index (χ3v) is 3.94. The van der Waals surface area contributed by atoms with E-state index < -0.39 is 0 Å². The summed E-state index contributed by atoms with van der Waals surface area (Å²) >= 11 is 0. The van der Waals surface area contributed by atoms with Gasteiger partial charge in [-0.25, -0.2) is 0 Å². The average Bonchev–Trinajstić information content (AvgIpc) is 2.53. The highest BCUT2D eigenvalue weighted by Gasteiger charge is 2.21. The molecule has 0 saturated carbocycles. The summed E-state index contributed by atoms with van der Waals surface area (Å²) in [5, 5.41) is 3.59. The van der Waals surface area contributed by atoms with E-state index in [-0.39, 0.29) is 6.10 Å². The van der Waals surface area contributed by atoms with Gasteiger partial charge < -0.3 is 10.1 Å². The molecule has 0 amide bonds. The first kappa shape index (κ1) is 18.2. The van der Waals surface area contributed by atoms with Crippen LogP contribution in [0.1, 0.15) is 70.9 Å². The van der Waals surface area contributed by atoms with Crippen LogP contribution in [0.2, 0.25) is 0 Å². The van der Waals surface area contributed by atoms with E-state index in [0.29, 0.717) is 6.04 Å². The standard InChI is InChI=1S/C19H33NO/c1-4-7-8-9-13-16-21-18(5-2)19(20-6-3)17-14-11-10-12-15-17/h10-12,14-15,18-20H,4-9,13,16H2,1-3H3. The van der Waals surface area contributed by atoms with Gasteiger partial charge in [0.15, 0.2) is 0 Å². The lowest BCUT2D eigenvalue weighted by Gasteiger charge is -2.27. The third kappa shape index (κ3) is 7.10. The maximum atomic E-state index is 6.18. The molecular formula is C19H33NO. The van der Waals surface area contributed by atoms with Crippen LogP contribution in [-0.4, -0.2) is 19.3 Å². The maximum absolute atomic E-state index is 6.18. The Morgan fingerprint density at radius 3 is 2.29 bits per heavy atom. The lowest BCUT2D eigenvalue weighted by molar-refractivity contribution is 0.0215. The largest absolute Gasteiger partial charge is 0.376 e. The summed E-state index contributed by atoms with van der Waals surface area (Å²) in [5.74, 6) is 0. The van der Waals surface area contributed by atoms with E-state index in [1.165, 1.54) is 37.7 Å². The number of rotatable bonds is 12. The Bertz CT molecular complexity index is 339. The molecule has 0 saturated heterocycles. The van der Waals surface area contributed by atoms with Crippen molar-refractivity contribution < 1.29 is 4.74 Å². The number of unbranched alkanes of at least 4 members (excludes halogenated alkanes) is 4. The Balaban J connectivity index is 2.46. The Hall–Kier alpha value is -0.860. The lowest BCUT2D eigenvalue weighted by atomic mass is 9.99. The van der Waals surface area contributed by atoms with Gasteiger partial charge in [0.1, 0.15) is 0 Å². The Morgan fingerprint density at radius 2 is 1.67 bits per heavy atom. The van der Waals surface area contributed by atoms with E-state index in [2.05, 4.69) is 56.4 Å². The van der Waals surface area contributed by atoms with Crippen LogP contribution in [-0.2, 0) is 4.74 Å². The van der Waals surface area contributed by atoms with Gasteiger partial charge in [0.05, 0.1) is 12.1 Å². The minimum atomic E-state index is 0.263. The van der Waals surface area contributed by atoms with Crippen LogP contribution >= 0.6 is 0 Å². The molecule has 0 radical (unpaired) electrons. The number of benzene rings is 1. The van der Waals surface area contributed by atoms with Crippen LogP contribution < -0.4 is 5.32 Å². The highest BCUT2D eigenvalue weighted by atomic mass is 16.5. The zero-order chi connectivity index (χ0) is 15.3. The molecule has 0 aliphatic carbocycles. The van der Waals surface area contributed by atoms with E-state index in [4.69, 9.17) is 4.74 Å². The molecular weight excluding hydrogens is 258 g/mol. The third-order valence-electron chi connectivity index (χ3n) is 3.94. The Kier molecular flexibility index (Phi) is 10.2. The molecule has 1 N–H and O–H groups in total. The molecule has 1 aromatic rings. The van der Waals surface area contributed by atoms with Crippen molar-refractivity contribution in [2.75, 3.05) is 13.2 Å². The number of likely N-dealkylation sites (N-methyl/N-ethyl adjacent to an activating group) is 1. The molecule has 0 aliphatic rings. The van der Waals surface area contributed by atoms with Gasteiger partial charge in [-0.3, -0.25) is 0 Å². The van der Waals surface area contributed by atoms with Crippen LogP contribution in [0.5, 0.6) is 0 Å². The number of ether oxygens (including phenoxy) is 1. The predicted octanol–water partition coefficient (Wildman–Crippen LogP) is 5.10. The zero-order valence-electron chi connectivity index (χ0n) is 14.1. The summed E-state index contributed by atoms with van der Waals surface area (Å²) in [6.07, 6.45) is 7.77. The molecule has 2 unspecified atom stereocenters. The van der Waals surface area contributed by atoms with Crippen LogP contribution in [0.4, 0.5) is 0 Å². The topological polar surface area (TPSA) is 21.3 Å². The van der Waals surface area contributed by atoms with Crippen LogP contribution in [0.15, 0.2) is 30.3 Å². The van der Waals surface area contributed by atoms with Crippen LogP contribution in [0, 0.1) is 0 Å². The van der Waals surface area contributed by atoms with Gasteiger partial charge in [-0.15, -0.1) is 0 Å². The summed E-state index contributed by atoms with van der Waals surface area (Å²) in [4.78, 5) is 0. The summed E-state index contributed by atoms with van der Waals surface area (Å²) < 4.78 is 6.18. The molecule has 1 aromatic carbocycles. The van der Waals surface area contributed by atoms with Crippen molar-refractivity contribution in [2.45, 2.75) is 71.4 Å². The summed E-state index contributed by atoms with van der Waals surface area (Å²) in [7, 11) is 0. The van der Waals surface area contributed by atoms with Crippen molar-refractivity contribution in [2.24, 2.45) is 0 Å². The molecule has 21 heavy (non-hydrogen) atoms. The molecule has 0 spiro atoms. The first-order valence-electron chi connectivity index (χ1n) is 8.73. The van der Waals surface area contributed by atoms with E-state index in [1.807, 2.05) is 0 Å². The van der Waals surface area contributed by atoms with Gasteiger partial charge in [0, 0.05) is 6.61 Å².